The minimum atomic E-state index is -1.53. The van der Waals surface area contributed by atoms with E-state index in [0.717, 1.165) is 32.1 Å². The minimum Gasteiger partial charge on any atom is -0.457 e. The van der Waals surface area contributed by atoms with Crippen molar-refractivity contribution >= 4 is 5.97 Å². The lowest BCUT2D eigenvalue weighted by Gasteiger charge is -2.39. The van der Waals surface area contributed by atoms with Gasteiger partial charge in [0.25, 0.3) is 0 Å². The third-order valence-corrected chi connectivity index (χ3v) is 10.2. The number of esters is 1. The Morgan fingerprint density at radius 3 is 1.56 bits per heavy atom. The van der Waals surface area contributed by atoms with Crippen LogP contribution >= 0.6 is 0 Å². The van der Waals surface area contributed by atoms with Crippen LogP contribution in [0.2, 0.25) is 0 Å². The molecule has 0 aliphatic carbocycles. The lowest BCUT2D eigenvalue weighted by molar-refractivity contribution is -0.305. The van der Waals surface area contributed by atoms with Gasteiger partial charge in [-0.05, 0) is 38.5 Å². The highest BCUT2D eigenvalue weighted by Gasteiger charge is 2.44. The van der Waals surface area contributed by atoms with Crippen LogP contribution in [0.25, 0.3) is 0 Å². The average Bonchev–Trinajstić information content (AvgIpc) is 3.14. The number of carbonyl (C=O) groups excluding carboxylic acids is 1. The predicted molar refractivity (Wildman–Crippen MR) is 210 cm³/mol. The van der Waals surface area contributed by atoms with Crippen LogP contribution in [-0.2, 0) is 23.7 Å². The summed E-state index contributed by atoms with van der Waals surface area (Å²) in [6.45, 7) is 4.53. The second kappa shape index (κ2) is 35.6. The van der Waals surface area contributed by atoms with Gasteiger partial charge in [-0.2, -0.15) is 0 Å². The summed E-state index contributed by atoms with van der Waals surface area (Å²) in [6.07, 6.45) is 31.2. The van der Waals surface area contributed by atoms with E-state index in [-0.39, 0.29) is 19.2 Å². The van der Waals surface area contributed by atoms with Crippen molar-refractivity contribution < 1.29 is 44.2 Å². The predicted octanol–water partition coefficient (Wildman–Crippen LogP) is 9.25. The van der Waals surface area contributed by atoms with Gasteiger partial charge >= 0.3 is 5.97 Å². The van der Waals surface area contributed by atoms with E-state index in [9.17, 15) is 25.2 Å². The van der Waals surface area contributed by atoms with Crippen LogP contribution in [0, 0.1) is 0 Å². The standard InChI is InChI=1S/C43H82O9/c1-3-5-7-9-11-12-13-14-15-16-17-18-19-20-21-22-23-24-25-27-29-31-33-49-35-37(51-39(45)32-30-28-26-10-8-6-4-2)36-50-43-42(48)41(47)40(46)38(34-44)52-43/h16-17,37-38,40-44,46-48H,3-15,18-36H2,1-2H3/b17-16-. The van der Waals surface area contributed by atoms with Crippen LogP contribution in [0.3, 0.4) is 0 Å². The lowest BCUT2D eigenvalue weighted by atomic mass is 9.99. The number of hydrogen-bond acceptors (Lipinski definition) is 9. The number of allylic oxidation sites excluding steroid dienone is 2. The van der Waals surface area contributed by atoms with E-state index in [2.05, 4.69) is 26.0 Å². The Hall–Kier alpha value is -1.07. The van der Waals surface area contributed by atoms with Crippen LogP contribution in [-0.4, -0.2) is 89.6 Å². The monoisotopic (exact) mass is 743 g/mol. The molecule has 0 amide bonds. The summed E-state index contributed by atoms with van der Waals surface area (Å²) in [5, 5.41) is 39.9. The largest absolute Gasteiger partial charge is 0.457 e. The normalized spacial score (nSPS) is 21.2. The minimum absolute atomic E-state index is 0.110. The van der Waals surface area contributed by atoms with Gasteiger partial charge in [0.2, 0.25) is 0 Å². The van der Waals surface area contributed by atoms with Crippen molar-refractivity contribution in [2.75, 3.05) is 26.4 Å². The molecule has 4 N–H and O–H groups in total. The first-order valence-corrected chi connectivity index (χ1v) is 21.8. The van der Waals surface area contributed by atoms with Gasteiger partial charge in [-0.15, -0.1) is 0 Å². The molecule has 1 rings (SSSR count). The maximum atomic E-state index is 12.6. The second-order valence-corrected chi connectivity index (χ2v) is 15.1. The Morgan fingerprint density at radius 1 is 0.596 bits per heavy atom. The number of aliphatic hydroxyl groups excluding tert-OH is 4. The van der Waals surface area contributed by atoms with E-state index >= 15 is 0 Å². The van der Waals surface area contributed by atoms with Crippen molar-refractivity contribution in [3.05, 3.63) is 12.2 Å². The molecule has 0 aromatic carbocycles. The summed E-state index contributed by atoms with van der Waals surface area (Å²) in [4.78, 5) is 12.6. The van der Waals surface area contributed by atoms with E-state index in [1.807, 2.05) is 0 Å². The summed E-state index contributed by atoms with van der Waals surface area (Å²) >= 11 is 0. The highest BCUT2D eigenvalue weighted by molar-refractivity contribution is 5.69. The van der Waals surface area contributed by atoms with Gasteiger partial charge in [0.15, 0.2) is 6.29 Å². The molecule has 0 aromatic rings. The SMILES string of the molecule is CCCCCCCCCC/C=C\CCCCCCCCCCCCOCC(COC1OC(CO)C(O)C(O)C1O)OC(=O)CCCCCCCCC. The van der Waals surface area contributed by atoms with Crippen molar-refractivity contribution in [1.82, 2.24) is 0 Å². The van der Waals surface area contributed by atoms with E-state index in [4.69, 9.17) is 18.9 Å². The molecule has 308 valence electrons. The van der Waals surface area contributed by atoms with Crippen molar-refractivity contribution in [1.29, 1.82) is 0 Å². The average molecular weight is 743 g/mol. The van der Waals surface area contributed by atoms with Gasteiger partial charge in [-0.25, -0.2) is 0 Å². The van der Waals surface area contributed by atoms with Crippen LogP contribution in [0.1, 0.15) is 194 Å². The van der Waals surface area contributed by atoms with Gasteiger partial charge in [0.05, 0.1) is 19.8 Å². The molecule has 0 aromatic heterocycles. The number of rotatable bonds is 37. The lowest BCUT2D eigenvalue weighted by Crippen LogP contribution is -2.59. The van der Waals surface area contributed by atoms with Crippen molar-refractivity contribution in [2.24, 2.45) is 0 Å². The molecule has 6 atom stereocenters. The summed E-state index contributed by atoms with van der Waals surface area (Å²) < 4.78 is 22.7. The molecule has 9 nitrogen and oxygen atoms in total. The number of aliphatic hydroxyl groups is 4. The molecule has 6 unspecified atom stereocenters. The van der Waals surface area contributed by atoms with Crippen molar-refractivity contribution in [3.8, 4) is 0 Å². The molecule has 1 aliphatic rings. The molecule has 52 heavy (non-hydrogen) atoms. The van der Waals surface area contributed by atoms with Crippen LogP contribution in [0.4, 0.5) is 0 Å². The van der Waals surface area contributed by atoms with E-state index < -0.39 is 43.4 Å². The molecular weight excluding hydrogens is 660 g/mol. The number of ether oxygens (including phenoxy) is 4. The fraction of sp³-hybridized carbons (Fsp3) is 0.930. The second-order valence-electron chi connectivity index (χ2n) is 15.1. The fourth-order valence-corrected chi connectivity index (χ4v) is 6.72. The zero-order valence-corrected chi connectivity index (χ0v) is 33.6. The Kier molecular flexibility index (Phi) is 33.5. The number of unbranched alkanes of at least 4 members (excludes halogenated alkanes) is 24. The van der Waals surface area contributed by atoms with E-state index in [1.54, 1.807) is 0 Å². The van der Waals surface area contributed by atoms with E-state index in [0.29, 0.717) is 13.0 Å². The van der Waals surface area contributed by atoms with Crippen LogP contribution < -0.4 is 0 Å². The Balaban J connectivity index is 2.15. The van der Waals surface area contributed by atoms with Gasteiger partial charge in [0, 0.05) is 13.0 Å². The molecule has 1 heterocycles. The maximum Gasteiger partial charge on any atom is 0.306 e. The topological polar surface area (TPSA) is 135 Å². The fourth-order valence-electron chi connectivity index (χ4n) is 6.72. The molecule has 0 bridgehead atoms. The molecular formula is C43H82O9. The van der Waals surface area contributed by atoms with Gasteiger partial charge in [-0.3, -0.25) is 4.79 Å². The Morgan fingerprint density at radius 2 is 1.06 bits per heavy atom. The third kappa shape index (κ3) is 26.7. The molecule has 9 heteroatoms. The summed E-state index contributed by atoms with van der Waals surface area (Å²) in [5.74, 6) is -0.319. The molecule has 0 radical (unpaired) electrons. The maximum absolute atomic E-state index is 12.6. The summed E-state index contributed by atoms with van der Waals surface area (Å²) in [6, 6.07) is 0. The van der Waals surface area contributed by atoms with Crippen LogP contribution in [0.15, 0.2) is 12.2 Å². The molecule has 1 saturated heterocycles. The molecule has 0 spiro atoms. The Labute approximate surface area is 318 Å². The van der Waals surface area contributed by atoms with Crippen LogP contribution in [0.5, 0.6) is 0 Å². The van der Waals surface area contributed by atoms with Crippen molar-refractivity contribution in [3.63, 3.8) is 0 Å². The first-order chi connectivity index (χ1) is 25.4. The van der Waals surface area contributed by atoms with Gasteiger partial charge in [-0.1, -0.05) is 161 Å². The summed E-state index contributed by atoms with van der Waals surface area (Å²) in [7, 11) is 0. The first kappa shape index (κ1) is 48.9. The Bertz CT molecular complexity index is 807. The smallest absolute Gasteiger partial charge is 0.306 e. The first-order valence-electron chi connectivity index (χ1n) is 21.8. The summed E-state index contributed by atoms with van der Waals surface area (Å²) in [5.41, 5.74) is 0. The van der Waals surface area contributed by atoms with Gasteiger partial charge < -0.3 is 39.4 Å². The zero-order valence-electron chi connectivity index (χ0n) is 33.6. The molecule has 0 saturated carbocycles. The third-order valence-electron chi connectivity index (χ3n) is 10.2. The molecule has 1 aliphatic heterocycles. The highest BCUT2D eigenvalue weighted by Crippen LogP contribution is 2.22. The molecule has 1 fully saturated rings. The van der Waals surface area contributed by atoms with Gasteiger partial charge in [0.1, 0.15) is 30.5 Å². The zero-order chi connectivity index (χ0) is 37.9. The number of carbonyl (C=O) groups is 1. The number of hydrogen-bond donors (Lipinski definition) is 4. The van der Waals surface area contributed by atoms with Crippen molar-refractivity contribution in [2.45, 2.75) is 230 Å². The quantitative estimate of drug-likeness (QED) is 0.0279. The van der Waals surface area contributed by atoms with E-state index in [1.165, 1.54) is 141 Å². The highest BCUT2D eigenvalue weighted by atomic mass is 16.7.